The third kappa shape index (κ3) is 3.51. The Labute approximate surface area is 154 Å². The number of hydrogen-bond donors (Lipinski definition) is 1. The molecular formula is C18H15ClFN5O. The summed E-state index contributed by atoms with van der Waals surface area (Å²) in [6.07, 6.45) is 3.87. The van der Waals surface area contributed by atoms with Gasteiger partial charge in [-0.1, -0.05) is 24.6 Å². The second-order valence-electron chi connectivity index (χ2n) is 5.61. The van der Waals surface area contributed by atoms with E-state index in [9.17, 15) is 9.65 Å². The first kappa shape index (κ1) is 17.8. The third-order valence-corrected chi connectivity index (χ3v) is 4.12. The van der Waals surface area contributed by atoms with Crippen molar-refractivity contribution in [2.45, 2.75) is 26.4 Å². The zero-order chi connectivity index (χ0) is 18.7. The number of aromatic amines is 1. The van der Waals surface area contributed by atoms with Crippen LogP contribution in [0.2, 0.25) is 5.02 Å². The molecule has 132 valence electrons. The summed E-state index contributed by atoms with van der Waals surface area (Å²) >= 11 is 6.07. The molecule has 0 aliphatic carbocycles. The van der Waals surface area contributed by atoms with E-state index in [-0.39, 0.29) is 34.2 Å². The lowest BCUT2D eigenvalue weighted by atomic mass is 10.2. The van der Waals surface area contributed by atoms with Gasteiger partial charge in [-0.25, -0.2) is 19.3 Å². The highest BCUT2D eigenvalue weighted by molar-refractivity contribution is 6.33. The fraction of sp³-hybridized carbons (Fsp3) is 0.222. The number of nitrogens with one attached hydrogen (secondary N) is 1. The number of ether oxygens (including phenoxy) is 1. The molecule has 0 aliphatic rings. The number of H-pyrrole nitrogens is 1. The molecule has 0 bridgehead atoms. The molecule has 2 heterocycles. The van der Waals surface area contributed by atoms with Crippen molar-refractivity contribution in [2.24, 2.45) is 0 Å². The maximum Gasteiger partial charge on any atom is 0.316 e. The molecule has 3 rings (SSSR count). The SMILES string of the molecule is CCC(C)Oc1ncc(-c2[nH]c(-c3c(F)cccc3Cl)nc2C#N)cn1. The Kier molecular flexibility index (Phi) is 5.14. The van der Waals surface area contributed by atoms with Gasteiger partial charge in [0.05, 0.1) is 22.4 Å². The van der Waals surface area contributed by atoms with Gasteiger partial charge in [-0.3, -0.25) is 0 Å². The Bertz CT molecular complexity index is 944. The first-order chi connectivity index (χ1) is 12.5. The normalized spacial score (nSPS) is 11.8. The van der Waals surface area contributed by atoms with Crippen molar-refractivity contribution >= 4 is 11.6 Å². The van der Waals surface area contributed by atoms with Crippen LogP contribution in [0, 0.1) is 17.1 Å². The number of hydrogen-bond acceptors (Lipinski definition) is 5. The predicted molar refractivity (Wildman–Crippen MR) is 95.1 cm³/mol. The average Bonchev–Trinajstić information content (AvgIpc) is 3.06. The van der Waals surface area contributed by atoms with Gasteiger partial charge in [0, 0.05) is 18.0 Å². The third-order valence-electron chi connectivity index (χ3n) is 3.81. The van der Waals surface area contributed by atoms with Crippen LogP contribution in [-0.2, 0) is 0 Å². The van der Waals surface area contributed by atoms with E-state index in [4.69, 9.17) is 16.3 Å². The summed E-state index contributed by atoms with van der Waals surface area (Å²) in [5, 5.41) is 9.56. The minimum absolute atomic E-state index is 0.00234. The lowest BCUT2D eigenvalue weighted by Crippen LogP contribution is -2.11. The highest BCUT2D eigenvalue weighted by Gasteiger charge is 2.18. The van der Waals surface area contributed by atoms with Crippen molar-refractivity contribution in [1.82, 2.24) is 19.9 Å². The van der Waals surface area contributed by atoms with Crippen molar-refractivity contribution in [3.63, 3.8) is 0 Å². The number of aromatic nitrogens is 4. The van der Waals surface area contributed by atoms with Crippen molar-refractivity contribution < 1.29 is 9.13 Å². The summed E-state index contributed by atoms with van der Waals surface area (Å²) in [6.45, 7) is 3.92. The molecule has 0 saturated heterocycles. The molecular weight excluding hydrogens is 357 g/mol. The molecule has 8 heteroatoms. The van der Waals surface area contributed by atoms with Crippen molar-refractivity contribution in [1.29, 1.82) is 5.26 Å². The average molecular weight is 372 g/mol. The van der Waals surface area contributed by atoms with Crippen molar-refractivity contribution in [3.8, 4) is 34.7 Å². The minimum Gasteiger partial charge on any atom is -0.460 e. The van der Waals surface area contributed by atoms with Crippen LogP contribution in [0.15, 0.2) is 30.6 Å². The molecule has 1 atom stereocenters. The zero-order valence-electron chi connectivity index (χ0n) is 14.1. The molecule has 2 aromatic heterocycles. The highest BCUT2D eigenvalue weighted by atomic mass is 35.5. The van der Waals surface area contributed by atoms with Crippen LogP contribution in [0.4, 0.5) is 4.39 Å². The van der Waals surface area contributed by atoms with Crippen molar-refractivity contribution in [2.75, 3.05) is 0 Å². The van der Waals surface area contributed by atoms with E-state index in [1.165, 1.54) is 24.5 Å². The van der Waals surface area contributed by atoms with Gasteiger partial charge in [0.25, 0.3) is 0 Å². The van der Waals surface area contributed by atoms with Crippen LogP contribution in [0.5, 0.6) is 6.01 Å². The molecule has 6 nitrogen and oxygen atoms in total. The molecule has 1 unspecified atom stereocenters. The van der Waals surface area contributed by atoms with Crippen LogP contribution in [-0.4, -0.2) is 26.0 Å². The van der Waals surface area contributed by atoms with Crippen LogP contribution >= 0.6 is 11.6 Å². The Balaban J connectivity index is 1.99. The van der Waals surface area contributed by atoms with E-state index in [2.05, 4.69) is 19.9 Å². The summed E-state index contributed by atoms with van der Waals surface area (Å²) in [7, 11) is 0. The van der Waals surface area contributed by atoms with Crippen LogP contribution in [0.3, 0.4) is 0 Å². The fourth-order valence-corrected chi connectivity index (χ4v) is 2.53. The molecule has 0 radical (unpaired) electrons. The Morgan fingerprint density at radius 1 is 1.35 bits per heavy atom. The van der Waals surface area contributed by atoms with E-state index >= 15 is 0 Å². The summed E-state index contributed by atoms with van der Waals surface area (Å²) in [5.41, 5.74) is 1.12. The van der Waals surface area contributed by atoms with Gasteiger partial charge < -0.3 is 9.72 Å². The summed E-state index contributed by atoms with van der Waals surface area (Å²) < 4.78 is 19.7. The number of imidazole rings is 1. The quantitative estimate of drug-likeness (QED) is 0.719. The largest absolute Gasteiger partial charge is 0.460 e. The second-order valence-corrected chi connectivity index (χ2v) is 6.02. The van der Waals surface area contributed by atoms with Crippen LogP contribution in [0.25, 0.3) is 22.6 Å². The van der Waals surface area contributed by atoms with Crippen molar-refractivity contribution in [3.05, 3.63) is 47.1 Å². The summed E-state index contributed by atoms with van der Waals surface area (Å²) in [4.78, 5) is 15.4. The van der Waals surface area contributed by atoms with E-state index in [1.807, 2.05) is 19.9 Å². The first-order valence-corrected chi connectivity index (χ1v) is 8.34. The van der Waals surface area contributed by atoms with E-state index in [1.54, 1.807) is 6.07 Å². The van der Waals surface area contributed by atoms with Crippen LogP contribution in [0.1, 0.15) is 26.0 Å². The number of benzene rings is 1. The van der Waals surface area contributed by atoms with E-state index in [0.29, 0.717) is 11.3 Å². The van der Waals surface area contributed by atoms with E-state index in [0.717, 1.165) is 6.42 Å². The molecule has 1 N–H and O–H groups in total. The lowest BCUT2D eigenvalue weighted by Gasteiger charge is -2.10. The number of nitrogens with zero attached hydrogens (tertiary/aromatic N) is 4. The summed E-state index contributed by atoms with van der Waals surface area (Å²) in [6, 6.07) is 6.56. The minimum atomic E-state index is -0.532. The first-order valence-electron chi connectivity index (χ1n) is 7.97. The van der Waals surface area contributed by atoms with Gasteiger partial charge in [-0.15, -0.1) is 0 Å². The number of halogens is 2. The number of rotatable bonds is 5. The maximum absolute atomic E-state index is 14.1. The van der Waals surface area contributed by atoms with Gasteiger partial charge >= 0.3 is 6.01 Å². The molecule has 0 saturated carbocycles. The van der Waals surface area contributed by atoms with E-state index < -0.39 is 5.82 Å². The fourth-order valence-electron chi connectivity index (χ4n) is 2.27. The van der Waals surface area contributed by atoms with Gasteiger partial charge in [0.2, 0.25) is 0 Å². The molecule has 0 aliphatic heterocycles. The smallest absolute Gasteiger partial charge is 0.316 e. The van der Waals surface area contributed by atoms with Gasteiger partial charge in [0.1, 0.15) is 17.7 Å². The van der Waals surface area contributed by atoms with Gasteiger partial charge in [-0.2, -0.15) is 5.26 Å². The maximum atomic E-state index is 14.1. The van der Waals surface area contributed by atoms with Gasteiger partial charge in [0.15, 0.2) is 5.69 Å². The molecule has 0 amide bonds. The molecule has 0 spiro atoms. The standard InChI is InChI=1S/C18H15ClFN5O/c1-3-10(2)26-18-22-8-11(9-23-18)16-14(7-21)24-17(25-16)15-12(19)5-4-6-13(15)20/h4-6,8-10H,3H2,1-2H3,(H,24,25). The Morgan fingerprint density at radius 2 is 2.08 bits per heavy atom. The topological polar surface area (TPSA) is 87.5 Å². The molecule has 1 aromatic carbocycles. The zero-order valence-corrected chi connectivity index (χ0v) is 14.9. The molecule has 0 fully saturated rings. The predicted octanol–water partition coefficient (Wildman–Crippen LogP) is 4.38. The second kappa shape index (κ2) is 7.50. The van der Waals surface area contributed by atoms with Crippen LogP contribution < -0.4 is 4.74 Å². The Morgan fingerprint density at radius 3 is 2.69 bits per heavy atom. The summed E-state index contributed by atoms with van der Waals surface area (Å²) in [5.74, 6) is -0.365. The monoisotopic (exact) mass is 371 g/mol. The molecule has 26 heavy (non-hydrogen) atoms. The lowest BCUT2D eigenvalue weighted by molar-refractivity contribution is 0.199. The Hall–Kier alpha value is -2.98. The number of nitriles is 1. The molecule has 3 aromatic rings. The van der Waals surface area contributed by atoms with Gasteiger partial charge in [-0.05, 0) is 25.5 Å². The highest BCUT2D eigenvalue weighted by Crippen LogP contribution is 2.31.